The molecule has 24 heavy (non-hydrogen) atoms. The summed E-state index contributed by atoms with van der Waals surface area (Å²) >= 11 is 0. The van der Waals surface area contributed by atoms with Crippen molar-refractivity contribution in [1.29, 1.82) is 0 Å². The first-order chi connectivity index (χ1) is 11.5. The van der Waals surface area contributed by atoms with Crippen LogP contribution in [0.15, 0.2) is 4.99 Å². The Kier molecular flexibility index (Phi) is 5.67. The van der Waals surface area contributed by atoms with Crippen molar-refractivity contribution in [3.8, 4) is 0 Å². The lowest BCUT2D eigenvalue weighted by atomic mass is 9.57. The molecular weight excluding hydrogens is 306 g/mol. The topological polar surface area (TPSA) is 64.1 Å². The van der Waals surface area contributed by atoms with E-state index in [2.05, 4.69) is 43.3 Å². The molecule has 2 heterocycles. The number of fused-ring (bicyclic) bond motifs is 1. The zero-order valence-corrected chi connectivity index (χ0v) is 15.5. The van der Waals surface area contributed by atoms with Crippen LogP contribution in [0.1, 0.15) is 40.5 Å². The third kappa shape index (κ3) is 3.70. The van der Waals surface area contributed by atoms with E-state index in [9.17, 15) is 0 Å². The van der Waals surface area contributed by atoms with E-state index in [0.717, 1.165) is 45.2 Å². The standard InChI is InChI=1S/C18H33N3O3/c1-5-19-17(20-12(2)10-24-13-6-8-22-11-13)21-15-14-7-9-23-16(14)18(15,3)4/h12-16H,5-11H2,1-4H3,(H2,19,20,21). The molecule has 5 atom stereocenters. The molecule has 0 radical (unpaired) electrons. The number of guanidine groups is 1. The van der Waals surface area contributed by atoms with Crippen molar-refractivity contribution in [3.63, 3.8) is 0 Å². The Labute approximate surface area is 145 Å². The lowest BCUT2D eigenvalue weighted by molar-refractivity contribution is -0.106. The quantitative estimate of drug-likeness (QED) is 0.568. The van der Waals surface area contributed by atoms with Crippen LogP contribution in [0.3, 0.4) is 0 Å². The largest absolute Gasteiger partial charge is 0.379 e. The second-order valence-corrected chi connectivity index (χ2v) is 7.87. The molecule has 0 aromatic rings. The predicted molar refractivity (Wildman–Crippen MR) is 94.3 cm³/mol. The highest BCUT2D eigenvalue weighted by molar-refractivity contribution is 5.80. The van der Waals surface area contributed by atoms with Crippen LogP contribution >= 0.6 is 0 Å². The van der Waals surface area contributed by atoms with E-state index in [1.807, 2.05) is 0 Å². The van der Waals surface area contributed by atoms with Gasteiger partial charge in [-0.1, -0.05) is 13.8 Å². The van der Waals surface area contributed by atoms with Gasteiger partial charge in [-0.2, -0.15) is 0 Å². The molecule has 5 unspecified atom stereocenters. The minimum atomic E-state index is 0.151. The molecule has 0 amide bonds. The summed E-state index contributed by atoms with van der Waals surface area (Å²) in [6.45, 7) is 12.6. The highest BCUT2D eigenvalue weighted by Crippen LogP contribution is 2.52. The van der Waals surface area contributed by atoms with Crippen LogP contribution in [0.25, 0.3) is 0 Å². The molecule has 3 aliphatic rings. The number of nitrogens with one attached hydrogen (secondary N) is 2. The molecule has 2 saturated heterocycles. The van der Waals surface area contributed by atoms with Crippen LogP contribution in [-0.4, -0.2) is 63.2 Å². The summed E-state index contributed by atoms with van der Waals surface area (Å²) in [6.07, 6.45) is 2.78. The van der Waals surface area contributed by atoms with Gasteiger partial charge in [0.15, 0.2) is 5.96 Å². The molecule has 2 N–H and O–H groups in total. The van der Waals surface area contributed by atoms with E-state index in [4.69, 9.17) is 14.2 Å². The summed E-state index contributed by atoms with van der Waals surface area (Å²) in [4.78, 5) is 4.62. The lowest BCUT2D eigenvalue weighted by Crippen LogP contribution is -2.68. The molecular formula is C18H33N3O3. The predicted octanol–water partition coefficient (Wildman–Crippen LogP) is 1.55. The van der Waals surface area contributed by atoms with Crippen LogP contribution < -0.4 is 10.6 Å². The minimum Gasteiger partial charge on any atom is -0.379 e. The van der Waals surface area contributed by atoms with Crippen molar-refractivity contribution in [1.82, 2.24) is 10.6 Å². The third-order valence-electron chi connectivity index (χ3n) is 5.56. The first-order valence-electron chi connectivity index (χ1n) is 9.40. The average Bonchev–Trinajstić information content (AvgIpc) is 3.21. The summed E-state index contributed by atoms with van der Waals surface area (Å²) in [5, 5.41) is 7.14. The van der Waals surface area contributed by atoms with Crippen LogP contribution in [-0.2, 0) is 14.2 Å². The van der Waals surface area contributed by atoms with Gasteiger partial charge in [0.05, 0.1) is 25.4 Å². The van der Waals surface area contributed by atoms with Gasteiger partial charge in [0.25, 0.3) is 0 Å². The maximum atomic E-state index is 5.91. The van der Waals surface area contributed by atoms with Crippen molar-refractivity contribution < 1.29 is 14.2 Å². The highest BCUT2D eigenvalue weighted by atomic mass is 16.5. The lowest BCUT2D eigenvalue weighted by Gasteiger charge is -2.55. The molecule has 6 heteroatoms. The normalized spacial score (nSPS) is 36.1. The molecule has 3 rings (SSSR count). The van der Waals surface area contributed by atoms with Gasteiger partial charge in [0, 0.05) is 43.2 Å². The Morgan fingerprint density at radius 2 is 2.17 bits per heavy atom. The van der Waals surface area contributed by atoms with Gasteiger partial charge in [-0.25, -0.2) is 0 Å². The highest BCUT2D eigenvalue weighted by Gasteiger charge is 2.59. The number of nitrogens with zero attached hydrogens (tertiary/aromatic N) is 1. The van der Waals surface area contributed by atoms with Crippen LogP contribution in [0.4, 0.5) is 0 Å². The van der Waals surface area contributed by atoms with Crippen LogP contribution in [0.2, 0.25) is 0 Å². The minimum absolute atomic E-state index is 0.151. The SMILES string of the molecule is CCN=C(NC(C)COC1CCOC1)NC1C2CCOC2C1(C)C. The second kappa shape index (κ2) is 7.58. The summed E-state index contributed by atoms with van der Waals surface area (Å²) in [5.41, 5.74) is 0.151. The summed E-state index contributed by atoms with van der Waals surface area (Å²) in [5.74, 6) is 1.49. The van der Waals surface area contributed by atoms with Crippen molar-refractivity contribution in [2.24, 2.45) is 16.3 Å². The van der Waals surface area contributed by atoms with Gasteiger partial charge in [-0.05, 0) is 26.7 Å². The van der Waals surface area contributed by atoms with Crippen LogP contribution in [0, 0.1) is 11.3 Å². The molecule has 6 nitrogen and oxygen atoms in total. The molecule has 3 fully saturated rings. The average molecular weight is 339 g/mol. The number of ether oxygens (including phenoxy) is 3. The summed E-state index contributed by atoms with van der Waals surface area (Å²) in [6, 6.07) is 0.626. The zero-order chi connectivity index (χ0) is 17.2. The Morgan fingerprint density at radius 3 is 2.88 bits per heavy atom. The first kappa shape index (κ1) is 18.0. The molecule has 1 aliphatic carbocycles. The van der Waals surface area contributed by atoms with Crippen molar-refractivity contribution in [2.45, 2.75) is 64.8 Å². The van der Waals surface area contributed by atoms with E-state index >= 15 is 0 Å². The van der Waals surface area contributed by atoms with Crippen LogP contribution in [0.5, 0.6) is 0 Å². The maximum absolute atomic E-state index is 5.91. The Bertz CT molecular complexity index is 449. The van der Waals surface area contributed by atoms with E-state index < -0.39 is 0 Å². The fourth-order valence-electron chi connectivity index (χ4n) is 4.26. The monoisotopic (exact) mass is 339 g/mol. The number of aliphatic imine (C=N–C) groups is 1. The van der Waals surface area contributed by atoms with Gasteiger partial charge in [-0.3, -0.25) is 4.99 Å². The van der Waals surface area contributed by atoms with Gasteiger partial charge in [0.1, 0.15) is 0 Å². The molecule has 0 aromatic carbocycles. The Balaban J connectivity index is 1.50. The summed E-state index contributed by atoms with van der Waals surface area (Å²) < 4.78 is 17.1. The molecule has 2 aliphatic heterocycles. The Hall–Kier alpha value is -0.850. The first-order valence-corrected chi connectivity index (χ1v) is 9.40. The van der Waals surface area contributed by atoms with Gasteiger partial charge >= 0.3 is 0 Å². The van der Waals surface area contributed by atoms with Gasteiger partial charge in [-0.15, -0.1) is 0 Å². The number of hydrogen-bond donors (Lipinski definition) is 2. The van der Waals surface area contributed by atoms with E-state index in [1.54, 1.807) is 0 Å². The third-order valence-corrected chi connectivity index (χ3v) is 5.56. The molecule has 138 valence electrons. The van der Waals surface area contributed by atoms with Crippen molar-refractivity contribution in [3.05, 3.63) is 0 Å². The van der Waals surface area contributed by atoms with Gasteiger partial charge in [0.2, 0.25) is 0 Å². The number of hydrogen-bond acceptors (Lipinski definition) is 4. The maximum Gasteiger partial charge on any atom is 0.191 e. The van der Waals surface area contributed by atoms with E-state index in [1.165, 1.54) is 0 Å². The molecule has 1 saturated carbocycles. The molecule has 0 aromatic heterocycles. The van der Waals surface area contributed by atoms with E-state index in [-0.39, 0.29) is 17.6 Å². The fraction of sp³-hybridized carbons (Fsp3) is 0.944. The molecule has 0 spiro atoms. The smallest absolute Gasteiger partial charge is 0.191 e. The Morgan fingerprint density at radius 1 is 1.33 bits per heavy atom. The molecule has 0 bridgehead atoms. The zero-order valence-electron chi connectivity index (χ0n) is 15.5. The van der Waals surface area contributed by atoms with Crippen molar-refractivity contribution >= 4 is 5.96 Å². The van der Waals surface area contributed by atoms with Gasteiger partial charge < -0.3 is 24.8 Å². The van der Waals surface area contributed by atoms with Crippen molar-refractivity contribution in [2.75, 3.05) is 33.0 Å². The number of rotatable bonds is 6. The van der Waals surface area contributed by atoms with E-state index in [0.29, 0.717) is 24.7 Å². The summed E-state index contributed by atoms with van der Waals surface area (Å²) in [7, 11) is 0. The fourth-order valence-corrected chi connectivity index (χ4v) is 4.26. The second-order valence-electron chi connectivity index (χ2n) is 7.87.